The zero-order valence-corrected chi connectivity index (χ0v) is 14.9. The molecule has 1 saturated carbocycles. The molecule has 1 N–H and O–H groups in total. The van der Waals surface area contributed by atoms with Gasteiger partial charge in [0.25, 0.3) is 5.56 Å². The Morgan fingerprint density at radius 3 is 2.48 bits per heavy atom. The summed E-state index contributed by atoms with van der Waals surface area (Å²) in [5, 5.41) is 7.30. The molecule has 0 atom stereocenters. The van der Waals surface area contributed by atoms with Crippen LogP contribution in [-0.2, 0) is 6.54 Å². The van der Waals surface area contributed by atoms with Crippen LogP contribution in [0.4, 0.5) is 4.79 Å². The first-order valence-corrected chi connectivity index (χ1v) is 9.52. The number of piperazine rings is 1. The molecular formula is C18H29N5O2. The third-order valence-electron chi connectivity index (χ3n) is 5.26. The molecule has 0 spiro atoms. The van der Waals surface area contributed by atoms with Crippen molar-refractivity contribution in [3.05, 3.63) is 28.7 Å². The van der Waals surface area contributed by atoms with Crippen LogP contribution in [0, 0.1) is 0 Å². The maximum absolute atomic E-state index is 12.5. The van der Waals surface area contributed by atoms with Crippen molar-refractivity contribution >= 4 is 6.03 Å². The largest absolute Gasteiger partial charge is 0.335 e. The molecule has 1 aliphatic heterocycles. The number of hydrogen-bond acceptors (Lipinski definition) is 4. The minimum Gasteiger partial charge on any atom is -0.335 e. The van der Waals surface area contributed by atoms with E-state index in [2.05, 4.69) is 15.3 Å². The van der Waals surface area contributed by atoms with Gasteiger partial charge in [0, 0.05) is 51.0 Å². The lowest BCUT2D eigenvalue weighted by Gasteiger charge is -2.35. The highest BCUT2D eigenvalue weighted by Crippen LogP contribution is 2.17. The summed E-state index contributed by atoms with van der Waals surface area (Å²) in [6, 6.07) is 3.63. The fraction of sp³-hybridized carbons (Fsp3) is 0.722. The number of amides is 2. The number of hydrogen-bond donors (Lipinski definition) is 1. The van der Waals surface area contributed by atoms with E-state index in [1.807, 2.05) is 4.90 Å². The van der Waals surface area contributed by atoms with Gasteiger partial charge in [0.1, 0.15) is 0 Å². The number of nitrogens with one attached hydrogen (secondary N) is 1. The number of aromatic nitrogens is 2. The molecule has 25 heavy (non-hydrogen) atoms. The number of carbonyl (C=O) groups excluding carboxylic acids is 1. The maximum Gasteiger partial charge on any atom is 0.317 e. The lowest BCUT2D eigenvalue weighted by atomic mass is 10.1. The van der Waals surface area contributed by atoms with Crippen LogP contribution in [-0.4, -0.2) is 64.4 Å². The van der Waals surface area contributed by atoms with Crippen molar-refractivity contribution in [2.45, 2.75) is 51.1 Å². The molecule has 1 aliphatic carbocycles. The molecule has 1 saturated heterocycles. The lowest BCUT2D eigenvalue weighted by molar-refractivity contribution is 0.133. The van der Waals surface area contributed by atoms with E-state index in [9.17, 15) is 9.59 Å². The second-order valence-electron chi connectivity index (χ2n) is 7.05. The number of carbonyl (C=O) groups is 1. The summed E-state index contributed by atoms with van der Waals surface area (Å²) >= 11 is 0. The van der Waals surface area contributed by atoms with E-state index in [1.54, 1.807) is 12.3 Å². The molecule has 2 heterocycles. The standard InChI is InChI=1S/C18H29N5O2/c24-17-8-5-9-19-23(17)15-12-21-10-13-22(14-11-21)18(25)20-16-6-3-1-2-4-7-16/h5,8-9,16H,1-4,6-7,10-15H2,(H,20,25). The monoisotopic (exact) mass is 347 g/mol. The van der Waals surface area contributed by atoms with Gasteiger partial charge in [-0.05, 0) is 18.9 Å². The molecule has 138 valence electrons. The highest BCUT2D eigenvalue weighted by Gasteiger charge is 2.23. The van der Waals surface area contributed by atoms with Crippen molar-refractivity contribution in [3.63, 3.8) is 0 Å². The van der Waals surface area contributed by atoms with Crippen molar-refractivity contribution in [3.8, 4) is 0 Å². The summed E-state index contributed by atoms with van der Waals surface area (Å²) in [6.45, 7) is 4.56. The highest BCUT2D eigenvalue weighted by atomic mass is 16.2. The first-order chi connectivity index (χ1) is 12.2. The molecule has 2 amide bonds. The molecule has 2 aliphatic rings. The van der Waals surface area contributed by atoms with Gasteiger partial charge in [-0.3, -0.25) is 9.69 Å². The van der Waals surface area contributed by atoms with Crippen molar-refractivity contribution in [2.75, 3.05) is 32.7 Å². The molecule has 0 bridgehead atoms. The van der Waals surface area contributed by atoms with Gasteiger partial charge in [-0.1, -0.05) is 25.7 Å². The number of urea groups is 1. The second-order valence-corrected chi connectivity index (χ2v) is 7.05. The van der Waals surface area contributed by atoms with Crippen LogP contribution >= 0.6 is 0 Å². The van der Waals surface area contributed by atoms with Crippen molar-refractivity contribution in [1.82, 2.24) is 24.9 Å². The topological polar surface area (TPSA) is 70.5 Å². The number of rotatable bonds is 4. The summed E-state index contributed by atoms with van der Waals surface area (Å²) < 4.78 is 1.49. The molecule has 3 rings (SSSR count). The summed E-state index contributed by atoms with van der Waals surface area (Å²) in [7, 11) is 0. The second kappa shape index (κ2) is 8.99. The van der Waals surface area contributed by atoms with Crippen molar-refractivity contribution < 1.29 is 4.79 Å². The van der Waals surface area contributed by atoms with Crippen LogP contribution in [0.15, 0.2) is 23.1 Å². The quantitative estimate of drug-likeness (QED) is 0.834. The van der Waals surface area contributed by atoms with Crippen LogP contribution in [0.5, 0.6) is 0 Å². The van der Waals surface area contributed by atoms with Crippen LogP contribution in [0.25, 0.3) is 0 Å². The summed E-state index contributed by atoms with van der Waals surface area (Å²) in [4.78, 5) is 28.3. The molecule has 0 radical (unpaired) electrons. The van der Waals surface area contributed by atoms with Gasteiger partial charge in [0.15, 0.2) is 0 Å². The van der Waals surface area contributed by atoms with E-state index in [4.69, 9.17) is 0 Å². The average Bonchev–Trinajstić information content (AvgIpc) is 2.90. The summed E-state index contributed by atoms with van der Waals surface area (Å²) in [5.41, 5.74) is -0.0658. The van der Waals surface area contributed by atoms with E-state index in [-0.39, 0.29) is 11.6 Å². The van der Waals surface area contributed by atoms with E-state index in [1.165, 1.54) is 36.4 Å². The normalized spacial score (nSPS) is 20.2. The maximum atomic E-state index is 12.5. The fourth-order valence-electron chi connectivity index (χ4n) is 3.66. The Morgan fingerprint density at radius 1 is 1.08 bits per heavy atom. The minimum atomic E-state index is -0.0658. The van der Waals surface area contributed by atoms with E-state index in [0.717, 1.165) is 45.6 Å². The predicted octanol–water partition coefficient (Wildman–Crippen LogP) is 1.29. The third kappa shape index (κ3) is 5.29. The van der Waals surface area contributed by atoms with Gasteiger partial charge in [-0.25, -0.2) is 9.48 Å². The average molecular weight is 347 g/mol. The van der Waals surface area contributed by atoms with Crippen LogP contribution in [0.3, 0.4) is 0 Å². The van der Waals surface area contributed by atoms with Crippen LogP contribution in [0.2, 0.25) is 0 Å². The van der Waals surface area contributed by atoms with Crippen molar-refractivity contribution in [1.29, 1.82) is 0 Å². The smallest absolute Gasteiger partial charge is 0.317 e. The zero-order valence-electron chi connectivity index (χ0n) is 14.9. The molecule has 1 aromatic heterocycles. The van der Waals surface area contributed by atoms with Gasteiger partial charge in [0.05, 0.1) is 6.54 Å². The van der Waals surface area contributed by atoms with Gasteiger partial charge >= 0.3 is 6.03 Å². The molecular weight excluding hydrogens is 318 g/mol. The summed E-state index contributed by atoms with van der Waals surface area (Å²) in [5.74, 6) is 0. The molecule has 1 aromatic rings. The van der Waals surface area contributed by atoms with Crippen LogP contribution < -0.4 is 10.9 Å². The van der Waals surface area contributed by atoms with E-state index < -0.39 is 0 Å². The Labute approximate surface area is 149 Å². The Morgan fingerprint density at radius 2 is 1.80 bits per heavy atom. The van der Waals surface area contributed by atoms with Gasteiger partial charge < -0.3 is 10.2 Å². The Hall–Kier alpha value is -1.89. The fourth-order valence-corrected chi connectivity index (χ4v) is 3.66. The Bertz CT molecular complexity index is 601. The molecule has 2 fully saturated rings. The Kier molecular flexibility index (Phi) is 6.44. The molecule has 0 unspecified atom stereocenters. The zero-order chi connectivity index (χ0) is 17.5. The SMILES string of the molecule is O=C(NC1CCCCCC1)N1CCN(CCn2ncccc2=O)CC1. The van der Waals surface area contributed by atoms with Gasteiger partial charge in [0.2, 0.25) is 0 Å². The number of nitrogens with zero attached hydrogens (tertiary/aromatic N) is 4. The van der Waals surface area contributed by atoms with Crippen LogP contribution in [0.1, 0.15) is 38.5 Å². The molecule has 7 nitrogen and oxygen atoms in total. The molecule has 7 heteroatoms. The van der Waals surface area contributed by atoms with E-state index >= 15 is 0 Å². The van der Waals surface area contributed by atoms with Gasteiger partial charge in [-0.2, -0.15) is 5.10 Å². The Balaban J connectivity index is 1.39. The summed E-state index contributed by atoms with van der Waals surface area (Å²) in [6.07, 6.45) is 8.91. The minimum absolute atomic E-state index is 0.0658. The predicted molar refractivity (Wildman–Crippen MR) is 96.5 cm³/mol. The van der Waals surface area contributed by atoms with Crippen molar-refractivity contribution in [2.24, 2.45) is 0 Å². The highest BCUT2D eigenvalue weighted by molar-refractivity contribution is 5.74. The third-order valence-corrected chi connectivity index (χ3v) is 5.26. The first kappa shape index (κ1) is 17.9. The molecule has 0 aromatic carbocycles. The first-order valence-electron chi connectivity index (χ1n) is 9.52. The van der Waals surface area contributed by atoms with Gasteiger partial charge in [-0.15, -0.1) is 0 Å². The van der Waals surface area contributed by atoms with E-state index in [0.29, 0.717) is 12.6 Å². The lowest BCUT2D eigenvalue weighted by Crippen LogP contribution is -2.53.